The van der Waals surface area contributed by atoms with E-state index in [-0.39, 0.29) is 11.8 Å². The van der Waals surface area contributed by atoms with Crippen LogP contribution in [0.1, 0.15) is 57.9 Å². The van der Waals surface area contributed by atoms with E-state index in [1.54, 1.807) is 13.3 Å². The van der Waals surface area contributed by atoms with Crippen molar-refractivity contribution in [2.45, 2.75) is 44.6 Å². The number of carbonyl (C=O) groups excluding carboxylic acids is 1. The van der Waals surface area contributed by atoms with Crippen molar-refractivity contribution in [3.05, 3.63) is 46.3 Å². The van der Waals surface area contributed by atoms with Crippen LogP contribution in [0.4, 0.5) is 0 Å². The highest BCUT2D eigenvalue weighted by atomic mass is 16.5. The molecule has 1 N–H and O–H groups in total. The maximum atomic E-state index is 13.1. The van der Waals surface area contributed by atoms with Crippen LogP contribution >= 0.6 is 0 Å². The van der Waals surface area contributed by atoms with Crippen LogP contribution in [0, 0.1) is 0 Å². The number of benzene rings is 1. The number of ether oxygens (including phenoxy) is 2. The van der Waals surface area contributed by atoms with Gasteiger partial charge in [0.2, 0.25) is 0 Å². The Hall–Kier alpha value is -2.38. The van der Waals surface area contributed by atoms with E-state index in [0.717, 1.165) is 55.9 Å². The number of likely N-dealkylation sites (tertiary alicyclic amines) is 1. The molecule has 2 saturated heterocycles. The molecular formula is C24H32N4O3. The molecule has 0 spiro atoms. The summed E-state index contributed by atoms with van der Waals surface area (Å²) in [5.41, 5.74) is 5.92. The van der Waals surface area contributed by atoms with Gasteiger partial charge in [0.05, 0.1) is 37.8 Å². The number of aromatic nitrogens is 2. The van der Waals surface area contributed by atoms with Crippen LogP contribution in [-0.2, 0) is 24.1 Å². The molecule has 1 aromatic carbocycles. The molecule has 0 bridgehead atoms. The lowest BCUT2D eigenvalue weighted by Crippen LogP contribution is -2.41. The van der Waals surface area contributed by atoms with E-state index in [1.165, 1.54) is 29.5 Å². The Morgan fingerprint density at radius 3 is 2.81 bits per heavy atom. The molecule has 5 rings (SSSR count). The quantitative estimate of drug-likeness (QED) is 0.799. The lowest BCUT2D eigenvalue weighted by atomic mass is 9.91. The first-order valence-electron chi connectivity index (χ1n) is 11.5. The second-order valence-electron chi connectivity index (χ2n) is 8.96. The number of fused-ring (bicyclic) bond motifs is 1. The molecule has 7 nitrogen and oxygen atoms in total. The molecule has 0 radical (unpaired) electrons. The van der Waals surface area contributed by atoms with Crippen LogP contribution in [0.5, 0.6) is 5.75 Å². The molecule has 3 heterocycles. The molecule has 1 unspecified atom stereocenters. The minimum Gasteiger partial charge on any atom is -0.496 e. The van der Waals surface area contributed by atoms with E-state index in [0.29, 0.717) is 26.3 Å². The summed E-state index contributed by atoms with van der Waals surface area (Å²) in [5.74, 6) is 1.37. The van der Waals surface area contributed by atoms with Gasteiger partial charge in [0.15, 0.2) is 0 Å². The van der Waals surface area contributed by atoms with E-state index in [9.17, 15) is 4.79 Å². The van der Waals surface area contributed by atoms with Crippen LogP contribution in [0.25, 0.3) is 0 Å². The predicted octanol–water partition coefficient (Wildman–Crippen LogP) is 2.76. The van der Waals surface area contributed by atoms with Gasteiger partial charge in [-0.1, -0.05) is 6.07 Å². The van der Waals surface area contributed by atoms with Gasteiger partial charge in [-0.15, -0.1) is 0 Å². The van der Waals surface area contributed by atoms with Crippen molar-refractivity contribution < 1.29 is 14.3 Å². The number of nitrogens with one attached hydrogen (secondary N) is 1. The normalized spacial score (nSPS) is 21.8. The van der Waals surface area contributed by atoms with Crippen molar-refractivity contribution in [3.63, 3.8) is 0 Å². The first-order valence-corrected chi connectivity index (χ1v) is 11.5. The summed E-state index contributed by atoms with van der Waals surface area (Å²) in [6, 6.07) is 4.60. The number of aryl methyl sites for hydroxylation is 2. The van der Waals surface area contributed by atoms with Crippen molar-refractivity contribution in [1.29, 1.82) is 0 Å². The first-order chi connectivity index (χ1) is 15.2. The number of morpholine rings is 1. The zero-order chi connectivity index (χ0) is 21.2. The smallest absolute Gasteiger partial charge is 0.257 e. The summed E-state index contributed by atoms with van der Waals surface area (Å²) >= 11 is 0. The number of methoxy groups -OCH3 is 1. The fraction of sp³-hybridized carbons (Fsp3) is 0.583. The van der Waals surface area contributed by atoms with Gasteiger partial charge >= 0.3 is 0 Å². The number of piperidine rings is 1. The van der Waals surface area contributed by atoms with Crippen LogP contribution in [0.15, 0.2) is 18.3 Å². The minimum absolute atomic E-state index is 0.0736. The lowest BCUT2D eigenvalue weighted by molar-refractivity contribution is 0.0301. The zero-order valence-electron chi connectivity index (χ0n) is 18.4. The van der Waals surface area contributed by atoms with Crippen LogP contribution in [-0.4, -0.2) is 72.4 Å². The van der Waals surface area contributed by atoms with Gasteiger partial charge in [0, 0.05) is 37.7 Å². The number of hydrogen-bond acceptors (Lipinski definition) is 5. The second kappa shape index (κ2) is 9.01. The number of amides is 1. The van der Waals surface area contributed by atoms with Crippen LogP contribution in [0.2, 0.25) is 0 Å². The molecule has 1 atom stereocenters. The number of H-pyrrole nitrogens is 1. The SMILES string of the molecule is COc1cc2c(cc1CN1CCCC(c3[nH]ncc3C(=O)N3CCOCC3)C1)CCC2. The van der Waals surface area contributed by atoms with E-state index in [1.807, 2.05) is 4.90 Å². The fourth-order valence-electron chi connectivity index (χ4n) is 5.36. The summed E-state index contributed by atoms with van der Waals surface area (Å²) in [4.78, 5) is 17.4. The van der Waals surface area contributed by atoms with Gasteiger partial charge in [0.1, 0.15) is 5.75 Å². The van der Waals surface area contributed by atoms with Gasteiger partial charge in [-0.25, -0.2) is 0 Å². The Labute approximate surface area is 183 Å². The van der Waals surface area contributed by atoms with Crippen molar-refractivity contribution in [3.8, 4) is 5.75 Å². The monoisotopic (exact) mass is 424 g/mol. The Kier molecular flexibility index (Phi) is 5.96. The molecule has 2 fully saturated rings. The van der Waals surface area contributed by atoms with Gasteiger partial charge in [-0.2, -0.15) is 5.10 Å². The number of nitrogens with zero attached hydrogens (tertiary/aromatic N) is 3. The average molecular weight is 425 g/mol. The summed E-state index contributed by atoms with van der Waals surface area (Å²) < 4.78 is 11.1. The van der Waals surface area contributed by atoms with Crippen molar-refractivity contribution in [1.82, 2.24) is 20.0 Å². The highest BCUT2D eigenvalue weighted by Crippen LogP contribution is 2.33. The van der Waals surface area contributed by atoms with Crippen molar-refractivity contribution >= 4 is 5.91 Å². The molecular weight excluding hydrogens is 392 g/mol. The molecule has 3 aliphatic rings. The lowest BCUT2D eigenvalue weighted by Gasteiger charge is -2.33. The molecule has 1 amide bonds. The predicted molar refractivity (Wildman–Crippen MR) is 118 cm³/mol. The topological polar surface area (TPSA) is 70.7 Å². The van der Waals surface area contributed by atoms with Gasteiger partial charge < -0.3 is 14.4 Å². The molecule has 1 aliphatic carbocycles. The summed E-state index contributed by atoms with van der Waals surface area (Å²) in [5, 5.41) is 7.40. The highest BCUT2D eigenvalue weighted by Gasteiger charge is 2.30. The Balaban J connectivity index is 1.31. The van der Waals surface area contributed by atoms with Crippen molar-refractivity contribution in [2.75, 3.05) is 46.5 Å². The Morgan fingerprint density at radius 1 is 1.19 bits per heavy atom. The van der Waals surface area contributed by atoms with Crippen LogP contribution < -0.4 is 4.74 Å². The minimum atomic E-state index is 0.0736. The first kappa shape index (κ1) is 20.5. The Morgan fingerprint density at radius 2 is 2.00 bits per heavy atom. The standard InChI is InChI=1S/C24H32N4O3/c1-30-22-13-18-5-2-4-17(18)12-20(22)16-27-7-3-6-19(15-27)23-21(14-25-26-23)24(29)28-8-10-31-11-9-28/h12-14,19H,2-11,15-16H2,1H3,(H,25,26). The fourth-order valence-corrected chi connectivity index (χ4v) is 5.36. The summed E-state index contributed by atoms with van der Waals surface area (Å²) in [6.07, 6.45) is 7.47. The van der Waals surface area contributed by atoms with E-state index in [4.69, 9.17) is 9.47 Å². The third kappa shape index (κ3) is 4.21. The van der Waals surface area contributed by atoms with Gasteiger partial charge in [-0.05, 0) is 55.8 Å². The van der Waals surface area contributed by atoms with Gasteiger partial charge in [0.25, 0.3) is 5.91 Å². The molecule has 2 aliphatic heterocycles. The van der Waals surface area contributed by atoms with E-state index in [2.05, 4.69) is 27.2 Å². The summed E-state index contributed by atoms with van der Waals surface area (Å²) in [7, 11) is 1.77. The third-order valence-electron chi connectivity index (χ3n) is 7.00. The average Bonchev–Trinajstić information content (AvgIpc) is 3.48. The number of hydrogen-bond donors (Lipinski definition) is 1. The van der Waals surface area contributed by atoms with E-state index < -0.39 is 0 Å². The molecule has 166 valence electrons. The third-order valence-corrected chi connectivity index (χ3v) is 7.00. The van der Waals surface area contributed by atoms with Crippen molar-refractivity contribution in [2.24, 2.45) is 0 Å². The molecule has 0 saturated carbocycles. The molecule has 7 heteroatoms. The second-order valence-corrected chi connectivity index (χ2v) is 8.96. The number of aromatic amines is 1. The zero-order valence-corrected chi connectivity index (χ0v) is 18.4. The highest BCUT2D eigenvalue weighted by molar-refractivity contribution is 5.95. The largest absolute Gasteiger partial charge is 0.496 e. The van der Waals surface area contributed by atoms with Crippen LogP contribution in [0.3, 0.4) is 0 Å². The molecule has 31 heavy (non-hydrogen) atoms. The maximum absolute atomic E-state index is 13.1. The molecule has 1 aromatic heterocycles. The Bertz CT molecular complexity index is 935. The van der Waals surface area contributed by atoms with Gasteiger partial charge in [-0.3, -0.25) is 14.8 Å². The maximum Gasteiger partial charge on any atom is 0.257 e. The number of carbonyl (C=O) groups is 1. The summed E-state index contributed by atoms with van der Waals surface area (Å²) in [6.45, 7) is 5.39. The molecule has 2 aromatic rings. The number of rotatable bonds is 5. The van der Waals surface area contributed by atoms with E-state index >= 15 is 0 Å².